The Hall–Kier alpha value is 2.10. The second-order valence-electron chi connectivity index (χ2n) is 2.25. The quantitative estimate of drug-likeness (QED) is 0.711. The first-order valence-corrected chi connectivity index (χ1v) is 10.2. The van der Waals surface area contributed by atoms with Crippen LogP contribution in [-0.4, -0.2) is 30.8 Å². The summed E-state index contributed by atoms with van der Waals surface area (Å²) in [4.78, 5) is 0. The summed E-state index contributed by atoms with van der Waals surface area (Å²) in [5, 5.41) is 0. The fourth-order valence-corrected chi connectivity index (χ4v) is 11.5. The van der Waals surface area contributed by atoms with E-state index in [1.54, 1.807) is 0 Å². The molecule has 0 aliphatic carbocycles. The molecule has 0 aromatic carbocycles. The third-order valence-corrected chi connectivity index (χ3v) is 12.6. The van der Waals surface area contributed by atoms with E-state index in [9.17, 15) is 0 Å². The molecule has 0 spiro atoms. The molecule has 2 heterocycles. The van der Waals surface area contributed by atoms with E-state index in [1.165, 1.54) is 23.0 Å². The largest absolute Gasteiger partial charge is 0.135 e. The molecule has 2 rings (SSSR count). The zero-order valence-electron chi connectivity index (χ0n) is 6.43. The van der Waals surface area contributed by atoms with Crippen molar-refractivity contribution in [1.29, 1.82) is 0 Å². The van der Waals surface area contributed by atoms with Crippen molar-refractivity contribution in [3.63, 3.8) is 0 Å². The Balaban J connectivity index is 1.60. The molecule has 70 valence electrons. The predicted octanol–water partition coefficient (Wildman–Crippen LogP) is 3.90. The van der Waals surface area contributed by atoms with Gasteiger partial charge in [0.15, 0.2) is 0 Å². The summed E-state index contributed by atoms with van der Waals surface area (Å²) in [6, 6.07) is 0. The highest BCUT2D eigenvalue weighted by atomic mass is 33.1. The maximum Gasteiger partial charge on any atom is 0.106 e. The van der Waals surface area contributed by atoms with Gasteiger partial charge < -0.3 is 0 Å². The van der Waals surface area contributed by atoms with Crippen LogP contribution in [0.15, 0.2) is 0 Å². The van der Waals surface area contributed by atoms with Crippen LogP contribution in [-0.2, 0) is 0 Å². The van der Waals surface area contributed by atoms with E-state index in [4.69, 9.17) is 0 Å². The van der Waals surface area contributed by atoms with E-state index < -0.39 is 0 Å². The number of thioether (sulfide) groups is 4. The molecule has 0 radical (unpaired) electrons. The molecule has 0 bridgehead atoms. The molecule has 2 aliphatic rings. The monoisotopic (exact) mass is 274 g/mol. The van der Waals surface area contributed by atoms with Gasteiger partial charge in [-0.2, -0.15) is 0 Å². The Morgan fingerprint density at radius 2 is 1.00 bits per heavy atom. The van der Waals surface area contributed by atoms with Crippen LogP contribution in [0, 0.1) is 0 Å². The summed E-state index contributed by atoms with van der Waals surface area (Å²) in [6.07, 6.45) is 0. The van der Waals surface area contributed by atoms with Gasteiger partial charge in [0, 0.05) is 23.0 Å². The Morgan fingerprint density at radius 1 is 0.667 bits per heavy atom. The van der Waals surface area contributed by atoms with Crippen molar-refractivity contribution in [1.82, 2.24) is 0 Å². The van der Waals surface area contributed by atoms with Crippen LogP contribution in [0.2, 0.25) is 0 Å². The van der Waals surface area contributed by atoms with Crippen LogP contribution < -0.4 is 0 Å². The van der Waals surface area contributed by atoms with E-state index in [-0.39, 0.29) is 0 Å². The molecule has 2 fully saturated rings. The lowest BCUT2D eigenvalue weighted by Crippen LogP contribution is -1.83. The van der Waals surface area contributed by atoms with Gasteiger partial charge >= 0.3 is 0 Å². The predicted molar refractivity (Wildman–Crippen MR) is 72.6 cm³/mol. The molecule has 0 aromatic rings. The smallest absolute Gasteiger partial charge is 0.106 e. The molecular weight excluding hydrogens is 264 g/mol. The third-order valence-electron chi connectivity index (χ3n) is 1.40. The molecule has 0 N–H and O–H groups in total. The van der Waals surface area contributed by atoms with Gasteiger partial charge in [-0.05, 0) is 0 Å². The Kier molecular flexibility index (Phi) is 5.18. The van der Waals surface area contributed by atoms with E-state index in [0.29, 0.717) is 0 Å². The zero-order valence-corrected chi connectivity index (χ0v) is 11.3. The van der Waals surface area contributed by atoms with Gasteiger partial charge in [0.05, 0.1) is 0 Å². The molecular formula is C6H10S6. The molecule has 2 saturated heterocycles. The second-order valence-corrected chi connectivity index (χ2v) is 11.4. The Bertz CT molecular complexity index is 112. The van der Waals surface area contributed by atoms with Gasteiger partial charge in [0.2, 0.25) is 0 Å². The summed E-state index contributed by atoms with van der Waals surface area (Å²) in [6.45, 7) is 0. The van der Waals surface area contributed by atoms with Gasteiger partial charge in [0.25, 0.3) is 0 Å². The summed E-state index contributed by atoms with van der Waals surface area (Å²) in [7, 11) is 4.16. The lowest BCUT2D eigenvalue weighted by atomic mass is 11.0. The van der Waals surface area contributed by atoms with E-state index in [0.717, 1.165) is 7.83 Å². The Labute approximate surface area is 98.7 Å². The van der Waals surface area contributed by atoms with Gasteiger partial charge in [-0.25, -0.2) is 0 Å². The maximum absolute atomic E-state index is 2.11. The van der Waals surface area contributed by atoms with Crippen molar-refractivity contribution in [3.05, 3.63) is 0 Å². The van der Waals surface area contributed by atoms with Gasteiger partial charge in [-0.15, -0.1) is 47.0 Å². The highest BCUT2D eigenvalue weighted by Crippen LogP contribution is 2.52. The van der Waals surface area contributed by atoms with Crippen LogP contribution in [0.5, 0.6) is 0 Å². The van der Waals surface area contributed by atoms with Crippen molar-refractivity contribution < 1.29 is 0 Å². The lowest BCUT2D eigenvalue weighted by molar-refractivity contribution is 1.59. The molecule has 0 saturated carbocycles. The van der Waals surface area contributed by atoms with E-state index in [1.807, 2.05) is 0 Å². The molecule has 0 atom stereocenters. The molecule has 0 amide bonds. The second kappa shape index (κ2) is 5.85. The highest BCUT2D eigenvalue weighted by molar-refractivity contribution is 8.83. The van der Waals surface area contributed by atoms with Gasteiger partial charge in [-0.1, -0.05) is 21.6 Å². The SMILES string of the molecule is C1CSC(SSC2SCCS2)S1. The summed E-state index contributed by atoms with van der Waals surface area (Å²) in [5.41, 5.74) is 0. The van der Waals surface area contributed by atoms with Crippen LogP contribution >= 0.6 is 68.6 Å². The molecule has 2 aliphatic heterocycles. The standard InChI is InChI=1S/C6H10S6/c1-2-8-5(7-1)11-12-6-9-3-4-10-6/h5-6H,1-4H2. The number of hydrogen-bond acceptors (Lipinski definition) is 6. The van der Waals surface area contributed by atoms with Crippen LogP contribution in [0.25, 0.3) is 0 Å². The first-order valence-electron chi connectivity index (χ1n) is 3.74. The summed E-state index contributed by atoms with van der Waals surface area (Å²) < 4.78 is 1.63. The topological polar surface area (TPSA) is 0 Å². The molecule has 0 unspecified atom stereocenters. The average molecular weight is 275 g/mol. The molecule has 0 aromatic heterocycles. The van der Waals surface area contributed by atoms with Crippen molar-refractivity contribution in [2.45, 2.75) is 7.83 Å². The highest BCUT2D eigenvalue weighted by Gasteiger charge is 2.22. The summed E-state index contributed by atoms with van der Waals surface area (Å²) in [5.74, 6) is 5.42. The number of rotatable bonds is 3. The minimum atomic E-state index is 0.816. The van der Waals surface area contributed by atoms with Crippen molar-refractivity contribution in [2.24, 2.45) is 0 Å². The van der Waals surface area contributed by atoms with E-state index in [2.05, 4.69) is 68.6 Å². The average Bonchev–Trinajstić information content (AvgIpc) is 2.74. The van der Waals surface area contributed by atoms with Crippen LogP contribution in [0.4, 0.5) is 0 Å². The maximum atomic E-state index is 2.11. The van der Waals surface area contributed by atoms with Crippen molar-refractivity contribution in [3.8, 4) is 0 Å². The minimum Gasteiger partial charge on any atom is -0.135 e. The molecule has 12 heavy (non-hydrogen) atoms. The van der Waals surface area contributed by atoms with Crippen LogP contribution in [0.3, 0.4) is 0 Å². The van der Waals surface area contributed by atoms with Crippen molar-refractivity contribution >= 4 is 68.6 Å². The normalized spacial score (nSPS) is 27.0. The van der Waals surface area contributed by atoms with E-state index >= 15 is 0 Å². The zero-order chi connectivity index (χ0) is 8.23. The number of hydrogen-bond donors (Lipinski definition) is 0. The Morgan fingerprint density at radius 3 is 1.33 bits per heavy atom. The minimum absolute atomic E-state index is 0.816. The molecule has 6 heteroatoms. The summed E-state index contributed by atoms with van der Waals surface area (Å²) >= 11 is 8.45. The lowest BCUT2D eigenvalue weighted by Gasteiger charge is -2.09. The first kappa shape index (κ1) is 10.6. The van der Waals surface area contributed by atoms with Crippen molar-refractivity contribution in [2.75, 3.05) is 23.0 Å². The van der Waals surface area contributed by atoms with Gasteiger partial charge in [-0.3, -0.25) is 0 Å². The fraction of sp³-hybridized carbons (Fsp3) is 1.00. The van der Waals surface area contributed by atoms with Gasteiger partial charge in [0.1, 0.15) is 7.83 Å². The van der Waals surface area contributed by atoms with Crippen LogP contribution in [0.1, 0.15) is 0 Å². The first-order chi connectivity index (χ1) is 5.95. The molecule has 0 nitrogen and oxygen atoms in total. The third kappa shape index (κ3) is 3.35. The fourth-order valence-electron chi connectivity index (χ4n) is 0.875.